The number of amides is 1. The van der Waals surface area contributed by atoms with E-state index in [0.29, 0.717) is 28.7 Å². The van der Waals surface area contributed by atoms with Crippen molar-refractivity contribution in [2.45, 2.75) is 65.3 Å². The molecule has 0 saturated carbocycles. The third kappa shape index (κ3) is 7.32. The number of piperidine rings is 1. The molecule has 4 rings (SSSR count). The lowest BCUT2D eigenvalue weighted by molar-refractivity contribution is 0.0124. The van der Waals surface area contributed by atoms with Crippen LogP contribution in [0.25, 0.3) is 22.3 Å². The van der Waals surface area contributed by atoms with Crippen LogP contribution in [-0.2, 0) is 14.8 Å². The fraction of sp³-hybridized carbons (Fsp3) is 0.481. The number of aromatic nitrogens is 3. The Kier molecular flexibility index (Phi) is 8.43. The molecule has 3 aromatic rings. The van der Waals surface area contributed by atoms with Gasteiger partial charge in [0.1, 0.15) is 23.1 Å². The number of sulfonamides is 1. The summed E-state index contributed by atoms with van der Waals surface area (Å²) in [6.07, 6.45) is 0.324. The van der Waals surface area contributed by atoms with Crippen molar-refractivity contribution >= 4 is 38.8 Å². The summed E-state index contributed by atoms with van der Waals surface area (Å²) >= 11 is 0. The number of benzene rings is 1. The highest BCUT2D eigenvalue weighted by Crippen LogP contribution is 2.28. The van der Waals surface area contributed by atoms with Crippen molar-refractivity contribution in [3.05, 3.63) is 41.8 Å². The van der Waals surface area contributed by atoms with E-state index < -0.39 is 39.7 Å². The minimum Gasteiger partial charge on any atom is -0.444 e. The molecule has 2 aromatic heterocycles. The van der Waals surface area contributed by atoms with E-state index in [0.717, 1.165) is 5.56 Å². The van der Waals surface area contributed by atoms with E-state index in [-0.39, 0.29) is 39.8 Å². The van der Waals surface area contributed by atoms with Gasteiger partial charge in [0.25, 0.3) is 0 Å². The SMILES string of the molecule is CCCS(=O)(=O)Nc1ccc(-c2cc(C)c3nc(N[C@H]4C[C@H](F)CN(C(=O)OC(C)(C)C)C4)ncc3n2)cc1F.[HH].[HH]. The molecule has 0 aliphatic carbocycles. The van der Waals surface area contributed by atoms with Gasteiger partial charge in [-0.15, -0.1) is 0 Å². The number of aryl methyl sites for hydroxylation is 1. The molecular formula is C27H38F2N6O4S. The Labute approximate surface area is 235 Å². The number of hydrogen-bond donors (Lipinski definition) is 2. The maximum absolute atomic E-state index is 14.7. The number of carbonyl (C=O) groups is 1. The van der Waals surface area contributed by atoms with Gasteiger partial charge in [0, 0.05) is 27.4 Å². The molecular weight excluding hydrogens is 542 g/mol. The van der Waals surface area contributed by atoms with Gasteiger partial charge in [-0.1, -0.05) is 13.0 Å². The van der Waals surface area contributed by atoms with Crippen molar-refractivity contribution in [3.8, 4) is 11.3 Å². The van der Waals surface area contributed by atoms with Gasteiger partial charge >= 0.3 is 6.09 Å². The lowest BCUT2D eigenvalue weighted by Crippen LogP contribution is -2.51. The monoisotopic (exact) mass is 580 g/mol. The second-order valence-electron chi connectivity index (χ2n) is 10.9. The van der Waals surface area contributed by atoms with Crippen LogP contribution >= 0.6 is 0 Å². The summed E-state index contributed by atoms with van der Waals surface area (Å²) in [4.78, 5) is 27.3. The summed E-state index contributed by atoms with van der Waals surface area (Å²) in [6, 6.07) is 5.51. The minimum absolute atomic E-state index is 0. The van der Waals surface area contributed by atoms with Gasteiger partial charge < -0.3 is 15.0 Å². The first-order valence-electron chi connectivity index (χ1n) is 13.1. The van der Waals surface area contributed by atoms with E-state index >= 15 is 0 Å². The number of nitrogens with one attached hydrogen (secondary N) is 2. The average Bonchev–Trinajstić information content (AvgIpc) is 2.84. The number of ether oxygens (including phenoxy) is 1. The van der Waals surface area contributed by atoms with Crippen LogP contribution in [0.15, 0.2) is 30.5 Å². The van der Waals surface area contributed by atoms with Gasteiger partial charge in [0.05, 0.1) is 35.4 Å². The van der Waals surface area contributed by atoms with Crippen LogP contribution in [0.4, 0.5) is 25.2 Å². The number of hydrogen-bond acceptors (Lipinski definition) is 8. The first kappa shape index (κ1) is 29.4. The summed E-state index contributed by atoms with van der Waals surface area (Å²) in [6.45, 7) is 9.03. The number of fused-ring (bicyclic) bond motifs is 1. The number of carbonyl (C=O) groups excluding carboxylic acids is 1. The normalized spacial score (nSPS) is 18.0. The van der Waals surface area contributed by atoms with Crippen LogP contribution in [0.2, 0.25) is 0 Å². The lowest BCUT2D eigenvalue weighted by Gasteiger charge is -2.36. The molecule has 1 aliphatic rings. The van der Waals surface area contributed by atoms with Crippen molar-refractivity contribution < 1.29 is 29.6 Å². The lowest BCUT2D eigenvalue weighted by atomic mass is 10.0. The molecule has 0 unspecified atom stereocenters. The molecule has 2 N–H and O–H groups in total. The molecule has 0 bridgehead atoms. The Hall–Kier alpha value is -3.61. The molecule has 0 radical (unpaired) electrons. The van der Waals surface area contributed by atoms with Gasteiger partial charge in [-0.3, -0.25) is 4.72 Å². The number of likely N-dealkylation sites (tertiary alicyclic amines) is 1. The molecule has 1 aromatic carbocycles. The molecule has 13 heteroatoms. The summed E-state index contributed by atoms with van der Waals surface area (Å²) in [5.74, 6) is -0.553. The van der Waals surface area contributed by atoms with Crippen LogP contribution in [0.3, 0.4) is 0 Å². The fourth-order valence-electron chi connectivity index (χ4n) is 4.45. The highest BCUT2D eigenvalue weighted by molar-refractivity contribution is 7.92. The number of halogens is 2. The van der Waals surface area contributed by atoms with Crippen molar-refractivity contribution in [1.29, 1.82) is 0 Å². The Morgan fingerprint density at radius 3 is 2.65 bits per heavy atom. The zero-order chi connectivity index (χ0) is 29.2. The Morgan fingerprint density at radius 1 is 1.23 bits per heavy atom. The number of pyridine rings is 1. The van der Waals surface area contributed by atoms with E-state index in [1.165, 1.54) is 23.2 Å². The molecule has 2 atom stereocenters. The number of alkyl halides is 1. The van der Waals surface area contributed by atoms with Gasteiger partial charge in [0.15, 0.2) is 0 Å². The van der Waals surface area contributed by atoms with E-state index in [1.807, 2.05) is 6.92 Å². The van der Waals surface area contributed by atoms with Crippen molar-refractivity contribution in [3.63, 3.8) is 0 Å². The van der Waals surface area contributed by atoms with Crippen molar-refractivity contribution in [2.75, 3.05) is 28.9 Å². The predicted molar refractivity (Wildman–Crippen MR) is 154 cm³/mol. The first-order chi connectivity index (χ1) is 18.7. The topological polar surface area (TPSA) is 126 Å². The molecule has 40 heavy (non-hydrogen) atoms. The molecule has 1 amide bonds. The largest absolute Gasteiger partial charge is 0.444 e. The molecule has 0 spiro atoms. The maximum Gasteiger partial charge on any atom is 0.410 e. The zero-order valence-electron chi connectivity index (χ0n) is 23.2. The predicted octanol–water partition coefficient (Wildman–Crippen LogP) is 5.54. The Balaban J connectivity index is 0.00000308. The van der Waals surface area contributed by atoms with E-state index in [9.17, 15) is 22.0 Å². The van der Waals surface area contributed by atoms with Crippen LogP contribution in [0, 0.1) is 12.7 Å². The van der Waals surface area contributed by atoms with Crippen LogP contribution in [0.5, 0.6) is 0 Å². The molecule has 220 valence electrons. The second-order valence-corrected chi connectivity index (χ2v) is 12.8. The molecule has 1 saturated heterocycles. The summed E-state index contributed by atoms with van der Waals surface area (Å²) in [5.41, 5.74) is 1.89. The van der Waals surface area contributed by atoms with Crippen molar-refractivity contribution in [1.82, 2.24) is 19.9 Å². The third-order valence-corrected chi connectivity index (χ3v) is 7.60. The van der Waals surface area contributed by atoms with Gasteiger partial charge in [0.2, 0.25) is 16.0 Å². The zero-order valence-corrected chi connectivity index (χ0v) is 24.0. The minimum atomic E-state index is -3.63. The molecule has 3 heterocycles. The van der Waals surface area contributed by atoms with Crippen LogP contribution in [-0.4, -0.2) is 71.0 Å². The van der Waals surface area contributed by atoms with E-state index in [2.05, 4.69) is 25.0 Å². The second kappa shape index (κ2) is 11.5. The third-order valence-electron chi connectivity index (χ3n) is 6.12. The number of anilines is 2. The standard InChI is InChI=1S/C27H34F2N6O4S.2H2/c1-6-9-40(37,38)34-21-8-7-17(11-20(21)29)22-10-16(2)24-23(32-22)13-30-25(33-24)31-19-12-18(28)14-35(15-19)26(36)39-27(3,4)5;;/h7-8,10-11,13,18-19,34H,6,9,12,14-15H2,1-5H3,(H,30,31,33);2*1H/t18-,19-;;/m0../s1. The van der Waals surface area contributed by atoms with E-state index in [1.54, 1.807) is 39.8 Å². The molecule has 1 fully saturated rings. The molecule has 10 nitrogen and oxygen atoms in total. The first-order valence-corrected chi connectivity index (χ1v) is 14.7. The summed E-state index contributed by atoms with van der Waals surface area (Å²) in [7, 11) is -3.63. The van der Waals surface area contributed by atoms with Gasteiger partial charge in [-0.2, -0.15) is 0 Å². The van der Waals surface area contributed by atoms with Crippen molar-refractivity contribution in [2.24, 2.45) is 0 Å². The summed E-state index contributed by atoms with van der Waals surface area (Å²) < 4.78 is 60.9. The highest BCUT2D eigenvalue weighted by Gasteiger charge is 2.33. The van der Waals surface area contributed by atoms with Gasteiger partial charge in [-0.05, 0) is 57.9 Å². The van der Waals surface area contributed by atoms with Crippen LogP contribution < -0.4 is 10.0 Å². The smallest absolute Gasteiger partial charge is 0.410 e. The maximum atomic E-state index is 14.7. The Morgan fingerprint density at radius 2 is 1.98 bits per heavy atom. The van der Waals surface area contributed by atoms with Crippen LogP contribution in [0.1, 0.15) is 49.0 Å². The highest BCUT2D eigenvalue weighted by atomic mass is 32.2. The average molecular weight is 581 g/mol. The molecule has 1 aliphatic heterocycles. The quantitative estimate of drug-likeness (QED) is 0.373. The van der Waals surface area contributed by atoms with E-state index in [4.69, 9.17) is 4.74 Å². The van der Waals surface area contributed by atoms with Gasteiger partial charge in [-0.25, -0.2) is 36.9 Å². The summed E-state index contributed by atoms with van der Waals surface area (Å²) in [5, 5.41) is 3.12. The fourth-order valence-corrected chi connectivity index (χ4v) is 5.59. The number of nitrogens with zero attached hydrogens (tertiary/aromatic N) is 4. The Bertz CT molecular complexity index is 1520. The number of rotatable bonds is 7.